The van der Waals surface area contributed by atoms with Crippen molar-refractivity contribution < 1.29 is 0 Å². The van der Waals surface area contributed by atoms with E-state index < -0.39 is 0 Å². The van der Waals surface area contributed by atoms with Crippen molar-refractivity contribution in [2.45, 2.75) is 38.6 Å². The molecular weight excluding hydrogens is 258 g/mol. The van der Waals surface area contributed by atoms with Crippen molar-refractivity contribution in [2.75, 3.05) is 13.1 Å². The summed E-state index contributed by atoms with van der Waals surface area (Å²) >= 11 is 0. The second kappa shape index (κ2) is 4.61. The smallest absolute Gasteiger partial charge is 0.0782 e. The van der Waals surface area contributed by atoms with Gasteiger partial charge in [0.05, 0.1) is 17.5 Å². The van der Waals surface area contributed by atoms with Crippen LogP contribution >= 0.6 is 0 Å². The number of aromatic amines is 1. The molecule has 1 aromatic carbocycles. The summed E-state index contributed by atoms with van der Waals surface area (Å²) < 4.78 is 0. The maximum Gasteiger partial charge on any atom is 0.0782 e. The number of aromatic nitrogens is 1. The minimum atomic E-state index is -0.228. The van der Waals surface area contributed by atoms with Crippen LogP contribution in [0.2, 0.25) is 0 Å². The Morgan fingerprint density at radius 1 is 1.38 bits per heavy atom. The number of rotatable bonds is 1. The lowest BCUT2D eigenvalue weighted by molar-refractivity contribution is 0.0365. The molecule has 3 heteroatoms. The van der Waals surface area contributed by atoms with Crippen LogP contribution in [0.25, 0.3) is 10.9 Å². The lowest BCUT2D eigenvalue weighted by atomic mass is 9.69. The Labute approximate surface area is 125 Å². The molecule has 1 saturated heterocycles. The van der Waals surface area contributed by atoms with E-state index in [0.717, 1.165) is 38.8 Å². The predicted molar refractivity (Wildman–Crippen MR) is 83.9 cm³/mol. The third-order valence-corrected chi connectivity index (χ3v) is 5.58. The molecule has 3 nitrogen and oxygen atoms in total. The molecule has 1 N–H and O–H groups in total. The Balaban J connectivity index is 1.93. The van der Waals surface area contributed by atoms with Crippen molar-refractivity contribution in [3.05, 3.63) is 35.5 Å². The number of nitriles is 1. The van der Waals surface area contributed by atoms with Crippen LogP contribution in [0.5, 0.6) is 0 Å². The molecule has 0 radical (unpaired) electrons. The van der Waals surface area contributed by atoms with Gasteiger partial charge in [-0.15, -0.1) is 0 Å². The quantitative estimate of drug-likeness (QED) is 0.863. The fourth-order valence-corrected chi connectivity index (χ4v) is 4.46. The van der Waals surface area contributed by atoms with E-state index in [9.17, 15) is 5.26 Å². The van der Waals surface area contributed by atoms with E-state index in [2.05, 4.69) is 47.1 Å². The number of piperidine rings is 1. The number of nitrogens with zero attached hydrogens (tertiary/aromatic N) is 2. The molecule has 108 valence electrons. The van der Waals surface area contributed by atoms with E-state index in [0.29, 0.717) is 0 Å². The van der Waals surface area contributed by atoms with Crippen LogP contribution in [-0.4, -0.2) is 23.0 Å². The number of para-hydroxylation sites is 1. The molecular formula is C18H21N3. The van der Waals surface area contributed by atoms with Gasteiger partial charge in [0.15, 0.2) is 0 Å². The van der Waals surface area contributed by atoms with Gasteiger partial charge in [-0.05, 0) is 43.9 Å². The third kappa shape index (κ3) is 1.69. The van der Waals surface area contributed by atoms with Crippen molar-refractivity contribution in [3.63, 3.8) is 0 Å². The van der Waals surface area contributed by atoms with Gasteiger partial charge in [0.1, 0.15) is 0 Å². The fraction of sp³-hybridized carbons (Fsp3) is 0.500. The number of fused-ring (bicyclic) bond motifs is 5. The van der Waals surface area contributed by atoms with Gasteiger partial charge in [-0.25, -0.2) is 0 Å². The van der Waals surface area contributed by atoms with E-state index in [1.165, 1.54) is 22.2 Å². The van der Waals surface area contributed by atoms with Crippen molar-refractivity contribution in [1.82, 2.24) is 9.88 Å². The number of benzene rings is 1. The summed E-state index contributed by atoms with van der Waals surface area (Å²) in [7, 11) is 0. The van der Waals surface area contributed by atoms with Crippen LogP contribution in [0.15, 0.2) is 24.3 Å². The first kappa shape index (κ1) is 12.9. The van der Waals surface area contributed by atoms with Gasteiger partial charge in [-0.2, -0.15) is 5.26 Å². The van der Waals surface area contributed by atoms with E-state index in [1.54, 1.807) is 0 Å². The van der Waals surface area contributed by atoms with Crippen LogP contribution in [0.4, 0.5) is 0 Å². The summed E-state index contributed by atoms with van der Waals surface area (Å²) in [5.74, 6) is 0. The normalized spacial score (nSPS) is 28.9. The topological polar surface area (TPSA) is 42.8 Å². The minimum Gasteiger partial charge on any atom is -0.357 e. The maximum atomic E-state index is 9.89. The average molecular weight is 279 g/mol. The zero-order valence-corrected chi connectivity index (χ0v) is 12.5. The van der Waals surface area contributed by atoms with E-state index in [1.807, 2.05) is 0 Å². The molecule has 4 rings (SSSR count). The average Bonchev–Trinajstić information content (AvgIpc) is 2.92. The predicted octanol–water partition coefficient (Wildman–Crippen LogP) is 3.78. The highest BCUT2D eigenvalue weighted by Crippen LogP contribution is 2.50. The van der Waals surface area contributed by atoms with E-state index >= 15 is 0 Å². The van der Waals surface area contributed by atoms with Crippen LogP contribution < -0.4 is 0 Å². The summed E-state index contributed by atoms with van der Waals surface area (Å²) in [4.78, 5) is 6.18. The van der Waals surface area contributed by atoms with Crippen molar-refractivity contribution in [3.8, 4) is 6.07 Å². The zero-order valence-electron chi connectivity index (χ0n) is 12.5. The monoisotopic (exact) mass is 279 g/mol. The van der Waals surface area contributed by atoms with Crippen LogP contribution in [0.1, 0.15) is 43.5 Å². The van der Waals surface area contributed by atoms with E-state index in [4.69, 9.17) is 0 Å². The summed E-state index contributed by atoms with van der Waals surface area (Å²) in [6.45, 7) is 4.38. The lowest BCUT2D eigenvalue weighted by Gasteiger charge is -2.48. The number of H-pyrrole nitrogens is 1. The molecule has 0 spiro atoms. The van der Waals surface area contributed by atoms with Crippen molar-refractivity contribution in [1.29, 1.82) is 5.26 Å². The second-order valence-electron chi connectivity index (χ2n) is 6.48. The summed E-state index contributed by atoms with van der Waals surface area (Å²) in [5.41, 5.74) is 3.75. The molecule has 0 aliphatic carbocycles. The molecule has 2 aliphatic heterocycles. The van der Waals surface area contributed by atoms with Gasteiger partial charge < -0.3 is 4.98 Å². The standard InChI is InChI=1S/C18H21N3/c1-2-18(12-19)9-5-10-21-11-8-14-13-6-3-4-7-15(13)20-16(14)17(18)21/h3-4,6-7,17,20H,2,5,8-11H2,1H3. The summed E-state index contributed by atoms with van der Waals surface area (Å²) in [5, 5.41) is 11.2. The number of nitrogens with one attached hydrogen (secondary N) is 1. The van der Waals surface area contributed by atoms with Gasteiger partial charge in [-0.1, -0.05) is 25.1 Å². The Bertz CT molecular complexity index is 724. The molecule has 2 aliphatic rings. The molecule has 2 unspecified atom stereocenters. The fourth-order valence-electron chi connectivity index (χ4n) is 4.46. The molecule has 1 aromatic heterocycles. The summed E-state index contributed by atoms with van der Waals surface area (Å²) in [6.07, 6.45) is 4.20. The minimum absolute atomic E-state index is 0.228. The van der Waals surface area contributed by atoms with Gasteiger partial charge in [0, 0.05) is 23.1 Å². The Kier molecular flexibility index (Phi) is 2.83. The van der Waals surface area contributed by atoms with Gasteiger partial charge >= 0.3 is 0 Å². The Morgan fingerprint density at radius 3 is 3.05 bits per heavy atom. The molecule has 2 aromatic rings. The second-order valence-corrected chi connectivity index (χ2v) is 6.48. The van der Waals surface area contributed by atoms with Crippen molar-refractivity contribution in [2.24, 2.45) is 5.41 Å². The third-order valence-electron chi connectivity index (χ3n) is 5.58. The highest BCUT2D eigenvalue weighted by Gasteiger charge is 2.47. The molecule has 0 amide bonds. The summed E-state index contributed by atoms with van der Waals surface area (Å²) in [6, 6.07) is 11.5. The van der Waals surface area contributed by atoms with Gasteiger partial charge in [-0.3, -0.25) is 4.90 Å². The van der Waals surface area contributed by atoms with Crippen LogP contribution in [0, 0.1) is 16.7 Å². The molecule has 0 bridgehead atoms. The van der Waals surface area contributed by atoms with Crippen LogP contribution in [0.3, 0.4) is 0 Å². The van der Waals surface area contributed by atoms with Crippen molar-refractivity contribution >= 4 is 10.9 Å². The number of hydrogen-bond acceptors (Lipinski definition) is 2. The van der Waals surface area contributed by atoms with Crippen LogP contribution in [-0.2, 0) is 6.42 Å². The Hall–Kier alpha value is -1.79. The SMILES string of the molecule is CCC1(C#N)CCCN2CCc3c([nH]c4ccccc34)C21. The molecule has 0 saturated carbocycles. The first-order valence-corrected chi connectivity index (χ1v) is 8.04. The lowest BCUT2D eigenvalue weighted by Crippen LogP contribution is -2.48. The maximum absolute atomic E-state index is 9.89. The van der Waals surface area contributed by atoms with Gasteiger partial charge in [0.25, 0.3) is 0 Å². The largest absolute Gasteiger partial charge is 0.357 e. The molecule has 2 atom stereocenters. The number of hydrogen-bond donors (Lipinski definition) is 1. The van der Waals surface area contributed by atoms with E-state index in [-0.39, 0.29) is 11.5 Å². The first-order valence-electron chi connectivity index (χ1n) is 8.04. The van der Waals surface area contributed by atoms with Gasteiger partial charge in [0.2, 0.25) is 0 Å². The Morgan fingerprint density at radius 2 is 2.24 bits per heavy atom. The zero-order chi connectivity index (χ0) is 14.4. The molecule has 21 heavy (non-hydrogen) atoms. The molecule has 3 heterocycles. The highest BCUT2D eigenvalue weighted by molar-refractivity contribution is 5.85. The highest BCUT2D eigenvalue weighted by atomic mass is 15.2. The first-order chi connectivity index (χ1) is 10.3. The molecule has 1 fully saturated rings.